The molecule has 0 spiro atoms. The molecule has 5 nitrogen and oxygen atoms in total. The Morgan fingerprint density at radius 3 is 2.78 bits per heavy atom. The minimum absolute atomic E-state index is 0.267. The lowest BCUT2D eigenvalue weighted by atomic mass is 10.2. The molecule has 2 aliphatic rings. The van der Waals surface area contributed by atoms with Gasteiger partial charge in [-0.25, -0.2) is 0 Å². The Bertz CT molecular complexity index is 525. The number of piperazine rings is 1. The normalized spacial score (nSPS) is 18.4. The van der Waals surface area contributed by atoms with E-state index in [4.69, 9.17) is 0 Å². The topological polar surface area (TPSA) is 55.8 Å². The summed E-state index contributed by atoms with van der Waals surface area (Å²) in [5.74, 6) is 1.37. The maximum absolute atomic E-state index is 12.3. The van der Waals surface area contributed by atoms with Crippen LogP contribution in [0.25, 0.3) is 0 Å². The molecule has 0 aromatic heterocycles. The Kier molecular flexibility index (Phi) is 5.51. The summed E-state index contributed by atoms with van der Waals surface area (Å²) in [6, 6.07) is 7.43. The molecule has 0 unspecified atom stereocenters. The second kappa shape index (κ2) is 7.79. The molecule has 2 fully saturated rings. The summed E-state index contributed by atoms with van der Waals surface area (Å²) < 4.78 is 0. The molecule has 0 bridgehead atoms. The number of phenols is 1. The van der Waals surface area contributed by atoms with Gasteiger partial charge in [0.25, 0.3) is 0 Å². The van der Waals surface area contributed by atoms with Crippen molar-refractivity contribution in [2.24, 2.45) is 5.92 Å². The Labute approximate surface area is 138 Å². The van der Waals surface area contributed by atoms with Crippen molar-refractivity contribution in [1.82, 2.24) is 15.1 Å². The second-order valence-corrected chi connectivity index (χ2v) is 6.73. The maximum atomic E-state index is 12.3. The van der Waals surface area contributed by atoms with Gasteiger partial charge < -0.3 is 15.3 Å². The highest BCUT2D eigenvalue weighted by molar-refractivity contribution is 5.76. The Balaban J connectivity index is 1.52. The van der Waals surface area contributed by atoms with Gasteiger partial charge in [-0.3, -0.25) is 9.69 Å². The predicted octanol–water partition coefficient (Wildman–Crippen LogP) is 1.43. The summed E-state index contributed by atoms with van der Waals surface area (Å²) in [7, 11) is 0. The summed E-state index contributed by atoms with van der Waals surface area (Å²) in [6.07, 6.45) is 3.20. The molecule has 1 heterocycles. The van der Waals surface area contributed by atoms with Crippen LogP contribution >= 0.6 is 0 Å². The van der Waals surface area contributed by atoms with Crippen molar-refractivity contribution >= 4 is 5.91 Å². The minimum atomic E-state index is 0.267. The Morgan fingerprint density at radius 1 is 1.30 bits per heavy atom. The number of hydrogen-bond acceptors (Lipinski definition) is 4. The van der Waals surface area contributed by atoms with Gasteiger partial charge in [-0.15, -0.1) is 0 Å². The number of hydrogen-bond donors (Lipinski definition) is 2. The molecule has 126 valence electrons. The van der Waals surface area contributed by atoms with E-state index in [1.54, 1.807) is 6.07 Å². The lowest BCUT2D eigenvalue weighted by Gasteiger charge is -2.29. The van der Waals surface area contributed by atoms with Crippen LogP contribution in [0.2, 0.25) is 0 Å². The molecule has 0 atom stereocenters. The third kappa shape index (κ3) is 5.22. The van der Waals surface area contributed by atoms with Gasteiger partial charge in [0.1, 0.15) is 5.75 Å². The number of amides is 1. The molecule has 1 saturated heterocycles. The largest absolute Gasteiger partial charge is 0.508 e. The number of phenolic OH excluding ortho intramolecular Hbond substituents is 1. The SMILES string of the molecule is O=C(CCN(Cc1cccc(O)c1)CC1CC1)N1CCNCC1. The van der Waals surface area contributed by atoms with Crippen molar-refractivity contribution in [2.45, 2.75) is 25.8 Å². The first kappa shape index (κ1) is 16.3. The number of nitrogens with one attached hydrogen (secondary N) is 1. The number of aromatic hydroxyl groups is 1. The van der Waals surface area contributed by atoms with Gasteiger partial charge in [0.05, 0.1) is 0 Å². The standard InChI is InChI=1S/C18H27N3O2/c22-17-3-1-2-16(12-17)14-20(13-15-4-5-15)9-6-18(23)21-10-7-19-8-11-21/h1-3,12,15,19,22H,4-11,13-14H2. The van der Waals surface area contributed by atoms with E-state index in [0.717, 1.165) is 57.3 Å². The van der Waals surface area contributed by atoms with Crippen molar-refractivity contribution in [1.29, 1.82) is 0 Å². The molecule has 2 N–H and O–H groups in total. The quantitative estimate of drug-likeness (QED) is 0.799. The van der Waals surface area contributed by atoms with E-state index in [1.807, 2.05) is 23.1 Å². The number of rotatable bonds is 7. The van der Waals surface area contributed by atoms with E-state index >= 15 is 0 Å². The van der Waals surface area contributed by atoms with Gasteiger partial charge in [0.15, 0.2) is 0 Å². The van der Waals surface area contributed by atoms with Crippen LogP contribution in [0, 0.1) is 5.92 Å². The summed E-state index contributed by atoms with van der Waals surface area (Å²) in [5, 5.41) is 12.9. The highest BCUT2D eigenvalue weighted by Gasteiger charge is 2.25. The van der Waals surface area contributed by atoms with Gasteiger partial charge in [0, 0.05) is 52.2 Å². The van der Waals surface area contributed by atoms with Crippen LogP contribution in [0.15, 0.2) is 24.3 Å². The molecule has 1 aliphatic carbocycles. The average molecular weight is 317 g/mol. The highest BCUT2D eigenvalue weighted by Crippen LogP contribution is 2.30. The van der Waals surface area contributed by atoms with Crippen LogP contribution in [0.1, 0.15) is 24.8 Å². The zero-order valence-corrected chi connectivity index (χ0v) is 13.7. The molecular formula is C18H27N3O2. The van der Waals surface area contributed by atoms with E-state index in [-0.39, 0.29) is 5.91 Å². The van der Waals surface area contributed by atoms with Crippen LogP contribution in [-0.2, 0) is 11.3 Å². The summed E-state index contributed by atoms with van der Waals surface area (Å²) in [4.78, 5) is 16.7. The van der Waals surface area contributed by atoms with Gasteiger partial charge in [-0.1, -0.05) is 12.1 Å². The molecule has 5 heteroatoms. The van der Waals surface area contributed by atoms with Crippen LogP contribution in [0.4, 0.5) is 0 Å². The van der Waals surface area contributed by atoms with Crippen LogP contribution in [-0.4, -0.2) is 60.1 Å². The molecule has 23 heavy (non-hydrogen) atoms. The zero-order chi connectivity index (χ0) is 16.1. The number of carbonyl (C=O) groups excluding carboxylic acids is 1. The monoisotopic (exact) mass is 317 g/mol. The first-order valence-electron chi connectivity index (χ1n) is 8.69. The second-order valence-electron chi connectivity index (χ2n) is 6.73. The first-order chi connectivity index (χ1) is 11.2. The summed E-state index contributed by atoms with van der Waals surface area (Å²) in [6.45, 7) is 6.13. The fourth-order valence-corrected chi connectivity index (χ4v) is 3.14. The van der Waals surface area contributed by atoms with Crippen molar-refractivity contribution in [2.75, 3.05) is 39.3 Å². The lowest BCUT2D eigenvalue weighted by Crippen LogP contribution is -2.47. The Hall–Kier alpha value is -1.59. The van der Waals surface area contributed by atoms with Crippen molar-refractivity contribution in [3.8, 4) is 5.75 Å². The van der Waals surface area contributed by atoms with E-state index in [0.29, 0.717) is 12.2 Å². The Morgan fingerprint density at radius 2 is 2.09 bits per heavy atom. The minimum Gasteiger partial charge on any atom is -0.508 e. The number of benzene rings is 1. The van der Waals surface area contributed by atoms with Gasteiger partial charge >= 0.3 is 0 Å². The lowest BCUT2D eigenvalue weighted by molar-refractivity contribution is -0.132. The molecule has 0 radical (unpaired) electrons. The van der Waals surface area contributed by atoms with Crippen LogP contribution < -0.4 is 5.32 Å². The first-order valence-corrected chi connectivity index (χ1v) is 8.69. The van der Waals surface area contributed by atoms with Gasteiger partial charge in [-0.05, 0) is 36.5 Å². The highest BCUT2D eigenvalue weighted by atomic mass is 16.3. The molecule has 1 aliphatic heterocycles. The van der Waals surface area contributed by atoms with E-state index < -0.39 is 0 Å². The van der Waals surface area contributed by atoms with Gasteiger partial charge in [-0.2, -0.15) is 0 Å². The fraction of sp³-hybridized carbons (Fsp3) is 0.611. The molecule has 1 aromatic rings. The molecule has 1 amide bonds. The van der Waals surface area contributed by atoms with Crippen LogP contribution in [0.3, 0.4) is 0 Å². The smallest absolute Gasteiger partial charge is 0.223 e. The molecule has 1 saturated carbocycles. The third-order valence-electron chi connectivity index (χ3n) is 4.64. The van der Waals surface area contributed by atoms with E-state index in [1.165, 1.54) is 12.8 Å². The van der Waals surface area contributed by atoms with Crippen molar-refractivity contribution < 1.29 is 9.90 Å². The van der Waals surface area contributed by atoms with Crippen LogP contribution in [0.5, 0.6) is 5.75 Å². The van der Waals surface area contributed by atoms with E-state index in [9.17, 15) is 9.90 Å². The predicted molar refractivity (Wildman–Crippen MR) is 90.2 cm³/mol. The summed E-state index contributed by atoms with van der Waals surface area (Å²) in [5.41, 5.74) is 1.11. The number of nitrogens with zero attached hydrogens (tertiary/aromatic N) is 2. The average Bonchev–Trinajstić information content (AvgIpc) is 3.37. The molecule has 1 aromatic carbocycles. The molecular weight excluding hydrogens is 290 g/mol. The number of carbonyl (C=O) groups is 1. The van der Waals surface area contributed by atoms with Crippen molar-refractivity contribution in [3.63, 3.8) is 0 Å². The van der Waals surface area contributed by atoms with Crippen molar-refractivity contribution in [3.05, 3.63) is 29.8 Å². The third-order valence-corrected chi connectivity index (χ3v) is 4.64. The summed E-state index contributed by atoms with van der Waals surface area (Å²) >= 11 is 0. The zero-order valence-electron chi connectivity index (χ0n) is 13.7. The van der Waals surface area contributed by atoms with Gasteiger partial charge in [0.2, 0.25) is 5.91 Å². The van der Waals surface area contributed by atoms with E-state index in [2.05, 4.69) is 10.2 Å². The molecule has 3 rings (SSSR count). The fourth-order valence-electron chi connectivity index (χ4n) is 3.14. The maximum Gasteiger partial charge on any atom is 0.223 e.